The number of hydrogen-bond donors (Lipinski definition) is 1. The summed E-state index contributed by atoms with van der Waals surface area (Å²) in [7, 11) is 0. The summed E-state index contributed by atoms with van der Waals surface area (Å²) in [5.74, 6) is 0.981. The zero-order chi connectivity index (χ0) is 14.7. The lowest BCUT2D eigenvalue weighted by molar-refractivity contribution is 0.0158. The van der Waals surface area contributed by atoms with E-state index in [1.165, 1.54) is 0 Å². The van der Waals surface area contributed by atoms with Crippen molar-refractivity contribution in [2.75, 3.05) is 31.2 Å². The Morgan fingerprint density at radius 1 is 1.19 bits per heavy atom. The zero-order valence-electron chi connectivity index (χ0n) is 12.3. The molecular weight excluding hydrogens is 266 g/mol. The van der Waals surface area contributed by atoms with Gasteiger partial charge in [0.2, 0.25) is 0 Å². The van der Waals surface area contributed by atoms with Gasteiger partial charge in [0.1, 0.15) is 0 Å². The number of para-hydroxylation sites is 2. The molecule has 1 fully saturated rings. The van der Waals surface area contributed by atoms with Crippen LogP contribution in [-0.4, -0.2) is 47.5 Å². The molecule has 5 heteroatoms. The zero-order valence-corrected chi connectivity index (χ0v) is 12.3. The molecule has 1 aromatic carbocycles. The normalized spacial score (nSPS) is 16.6. The number of aryl methyl sites for hydroxylation is 1. The van der Waals surface area contributed by atoms with Gasteiger partial charge in [-0.25, -0.2) is 9.97 Å². The minimum atomic E-state index is 0.0927. The quantitative estimate of drug-likeness (QED) is 0.931. The largest absolute Gasteiger partial charge is 0.394 e. The molecule has 0 aliphatic carbocycles. The minimum Gasteiger partial charge on any atom is -0.394 e. The highest BCUT2D eigenvalue weighted by Gasteiger charge is 2.22. The van der Waals surface area contributed by atoms with E-state index >= 15 is 0 Å². The van der Waals surface area contributed by atoms with Crippen molar-refractivity contribution in [2.24, 2.45) is 0 Å². The first-order valence-corrected chi connectivity index (χ1v) is 7.48. The maximum Gasteiger partial charge on any atom is 0.150 e. The molecule has 0 bridgehead atoms. The number of rotatable bonds is 4. The summed E-state index contributed by atoms with van der Waals surface area (Å²) >= 11 is 0. The second-order valence-corrected chi connectivity index (χ2v) is 5.40. The first-order chi connectivity index (χ1) is 10.3. The van der Waals surface area contributed by atoms with E-state index in [0.717, 1.165) is 48.5 Å². The molecule has 2 heterocycles. The number of aliphatic hydroxyl groups excluding tert-OH is 1. The van der Waals surface area contributed by atoms with Crippen LogP contribution in [0.1, 0.15) is 18.5 Å². The van der Waals surface area contributed by atoms with Gasteiger partial charge >= 0.3 is 0 Å². The molecule has 0 spiro atoms. The van der Waals surface area contributed by atoms with Gasteiger partial charge in [-0.05, 0) is 31.9 Å². The fourth-order valence-corrected chi connectivity index (χ4v) is 2.83. The van der Waals surface area contributed by atoms with Gasteiger partial charge in [0.15, 0.2) is 5.82 Å². The lowest BCUT2D eigenvalue weighted by Gasteiger charge is -2.33. The predicted octanol–water partition coefficient (Wildman–Crippen LogP) is 1.92. The van der Waals surface area contributed by atoms with E-state index < -0.39 is 0 Å². The highest BCUT2D eigenvalue weighted by molar-refractivity contribution is 5.76. The van der Waals surface area contributed by atoms with Crippen molar-refractivity contribution in [2.45, 2.75) is 25.9 Å². The molecule has 1 aliphatic rings. The number of anilines is 1. The van der Waals surface area contributed by atoms with Gasteiger partial charge in [-0.2, -0.15) is 0 Å². The van der Waals surface area contributed by atoms with Crippen LogP contribution in [0, 0.1) is 6.92 Å². The van der Waals surface area contributed by atoms with Gasteiger partial charge in [-0.1, -0.05) is 12.1 Å². The Kier molecular flexibility index (Phi) is 4.31. The Morgan fingerprint density at radius 2 is 1.86 bits per heavy atom. The molecule has 3 rings (SSSR count). The third kappa shape index (κ3) is 3.14. The van der Waals surface area contributed by atoms with Gasteiger partial charge in [0.25, 0.3) is 0 Å². The van der Waals surface area contributed by atoms with Crippen LogP contribution in [-0.2, 0) is 4.74 Å². The second kappa shape index (κ2) is 6.37. The number of benzene rings is 1. The Morgan fingerprint density at radius 3 is 2.52 bits per heavy atom. The molecule has 21 heavy (non-hydrogen) atoms. The molecule has 0 unspecified atom stereocenters. The molecule has 5 nitrogen and oxygen atoms in total. The number of aromatic nitrogens is 2. The first kappa shape index (κ1) is 14.2. The van der Waals surface area contributed by atoms with E-state index in [1.54, 1.807) is 0 Å². The molecule has 112 valence electrons. The molecule has 0 atom stereocenters. The Labute approximate surface area is 124 Å². The lowest BCUT2D eigenvalue weighted by atomic mass is 10.1. The van der Waals surface area contributed by atoms with Crippen LogP contribution in [0.5, 0.6) is 0 Å². The molecule has 0 amide bonds. The lowest BCUT2D eigenvalue weighted by Crippen LogP contribution is -2.38. The van der Waals surface area contributed by atoms with Crippen LogP contribution in [0.15, 0.2) is 24.3 Å². The molecular formula is C16H21N3O2. The monoisotopic (exact) mass is 287 g/mol. The second-order valence-electron chi connectivity index (χ2n) is 5.40. The Hall–Kier alpha value is -1.72. The van der Waals surface area contributed by atoms with Crippen molar-refractivity contribution in [1.29, 1.82) is 0 Å². The van der Waals surface area contributed by atoms with Crippen molar-refractivity contribution < 1.29 is 9.84 Å². The molecule has 2 aromatic rings. The molecule has 0 saturated carbocycles. The predicted molar refractivity (Wildman–Crippen MR) is 82.5 cm³/mol. The van der Waals surface area contributed by atoms with Gasteiger partial charge in [0, 0.05) is 13.1 Å². The Bertz CT molecular complexity index is 609. The fourth-order valence-electron chi connectivity index (χ4n) is 2.83. The summed E-state index contributed by atoms with van der Waals surface area (Å²) in [6.07, 6.45) is 2.18. The maximum atomic E-state index is 8.81. The third-order valence-electron chi connectivity index (χ3n) is 3.91. The summed E-state index contributed by atoms with van der Waals surface area (Å²) in [6.45, 7) is 4.38. The van der Waals surface area contributed by atoms with Gasteiger partial charge in [-0.3, -0.25) is 0 Å². The van der Waals surface area contributed by atoms with Crippen LogP contribution >= 0.6 is 0 Å². The highest BCUT2D eigenvalue weighted by atomic mass is 16.5. The van der Waals surface area contributed by atoms with E-state index in [9.17, 15) is 0 Å². The molecule has 0 radical (unpaired) electrons. The van der Waals surface area contributed by atoms with Crippen molar-refractivity contribution >= 4 is 16.9 Å². The molecule has 1 N–H and O–H groups in total. The summed E-state index contributed by atoms with van der Waals surface area (Å²) in [6, 6.07) is 7.97. The van der Waals surface area contributed by atoms with Gasteiger partial charge < -0.3 is 14.7 Å². The van der Waals surface area contributed by atoms with Gasteiger partial charge in [0.05, 0.1) is 36.0 Å². The summed E-state index contributed by atoms with van der Waals surface area (Å²) in [4.78, 5) is 11.7. The third-order valence-corrected chi connectivity index (χ3v) is 3.91. The van der Waals surface area contributed by atoms with Crippen LogP contribution < -0.4 is 4.90 Å². The summed E-state index contributed by atoms with van der Waals surface area (Å²) in [5.41, 5.74) is 2.86. The average molecular weight is 287 g/mol. The van der Waals surface area contributed by atoms with Crippen molar-refractivity contribution in [3.05, 3.63) is 30.0 Å². The smallest absolute Gasteiger partial charge is 0.150 e. The van der Waals surface area contributed by atoms with Crippen molar-refractivity contribution in [3.63, 3.8) is 0 Å². The number of piperidine rings is 1. The van der Waals surface area contributed by atoms with Crippen LogP contribution in [0.2, 0.25) is 0 Å². The standard InChI is InChI=1S/C16H21N3O2/c1-12-16(18-15-5-3-2-4-14(15)17-12)19-8-6-13(7-9-19)21-11-10-20/h2-5,13,20H,6-11H2,1H3. The van der Waals surface area contributed by atoms with Crippen molar-refractivity contribution in [1.82, 2.24) is 9.97 Å². The number of hydrogen-bond acceptors (Lipinski definition) is 5. The van der Waals surface area contributed by atoms with Crippen LogP contribution in [0.25, 0.3) is 11.0 Å². The number of ether oxygens (including phenoxy) is 1. The maximum absolute atomic E-state index is 8.81. The average Bonchev–Trinajstić information content (AvgIpc) is 2.53. The van der Waals surface area contributed by atoms with Crippen LogP contribution in [0.3, 0.4) is 0 Å². The van der Waals surface area contributed by atoms with E-state index in [2.05, 4.69) is 9.88 Å². The molecule has 1 saturated heterocycles. The number of aliphatic hydroxyl groups is 1. The topological polar surface area (TPSA) is 58.5 Å². The van der Waals surface area contributed by atoms with Crippen molar-refractivity contribution in [3.8, 4) is 0 Å². The van der Waals surface area contributed by atoms with E-state index in [4.69, 9.17) is 14.8 Å². The number of nitrogens with zero attached hydrogens (tertiary/aromatic N) is 3. The summed E-state index contributed by atoms with van der Waals surface area (Å²) in [5, 5.41) is 8.81. The highest BCUT2D eigenvalue weighted by Crippen LogP contribution is 2.24. The molecule has 1 aliphatic heterocycles. The van der Waals surface area contributed by atoms with E-state index in [-0.39, 0.29) is 12.7 Å². The molecule has 1 aromatic heterocycles. The Balaban J connectivity index is 1.74. The van der Waals surface area contributed by atoms with Gasteiger partial charge in [-0.15, -0.1) is 0 Å². The van der Waals surface area contributed by atoms with Crippen LogP contribution in [0.4, 0.5) is 5.82 Å². The number of fused-ring (bicyclic) bond motifs is 1. The van der Waals surface area contributed by atoms with E-state index in [0.29, 0.717) is 6.61 Å². The SMILES string of the molecule is Cc1nc2ccccc2nc1N1CCC(OCCO)CC1. The minimum absolute atomic E-state index is 0.0927. The van der Waals surface area contributed by atoms with E-state index in [1.807, 2.05) is 31.2 Å². The fraction of sp³-hybridized carbons (Fsp3) is 0.500. The summed E-state index contributed by atoms with van der Waals surface area (Å²) < 4.78 is 5.60. The first-order valence-electron chi connectivity index (χ1n) is 7.48.